The number of hydrogen-bond acceptors (Lipinski definition) is 5. The maximum Gasteiger partial charge on any atom is 0.408 e. The highest BCUT2D eigenvalue weighted by atomic mass is 35.5. The van der Waals surface area contributed by atoms with Gasteiger partial charge in [0.2, 0.25) is 5.91 Å². The van der Waals surface area contributed by atoms with Crippen molar-refractivity contribution in [2.24, 2.45) is 13.0 Å². The Balaban J connectivity index is 1.43. The minimum absolute atomic E-state index is 0.155. The molecule has 0 aliphatic carbocycles. The van der Waals surface area contributed by atoms with Crippen LogP contribution in [-0.2, 0) is 11.8 Å². The number of anilines is 1. The first-order valence-corrected chi connectivity index (χ1v) is 14.2. The summed E-state index contributed by atoms with van der Waals surface area (Å²) in [4.78, 5) is 43.4. The lowest BCUT2D eigenvalue weighted by atomic mass is 9.87. The average Bonchev–Trinajstić information content (AvgIpc) is 3.37. The van der Waals surface area contributed by atoms with E-state index in [4.69, 9.17) is 11.6 Å². The summed E-state index contributed by atoms with van der Waals surface area (Å²) in [6, 6.07) is 12.5. The lowest BCUT2D eigenvalue weighted by Crippen LogP contribution is -2.51. The van der Waals surface area contributed by atoms with Gasteiger partial charge in [-0.3, -0.25) is 14.5 Å². The van der Waals surface area contributed by atoms with Crippen molar-refractivity contribution < 1.29 is 23.5 Å². The van der Waals surface area contributed by atoms with E-state index in [1.54, 1.807) is 30.0 Å². The lowest BCUT2D eigenvalue weighted by molar-refractivity contribution is -0.136. The number of rotatable bonds is 4. The van der Waals surface area contributed by atoms with Crippen LogP contribution in [0.15, 0.2) is 59.4 Å². The predicted octanol–water partition coefficient (Wildman–Crippen LogP) is 4.66. The van der Waals surface area contributed by atoms with Crippen LogP contribution in [0.3, 0.4) is 0 Å². The molecular formula is C30H32ClF2N5O4. The van der Waals surface area contributed by atoms with E-state index in [0.29, 0.717) is 30.2 Å². The monoisotopic (exact) mass is 599 g/mol. The van der Waals surface area contributed by atoms with Gasteiger partial charge < -0.3 is 14.9 Å². The standard InChI is InChI=1S/C30H32ClF2N5O4/c1-18-15-36(13-3-4-26(38(18)30(41)42)19-5-7-20(31)8-6-19)29(40)24-17-37(27-11-12-28(39)35(2)34-27)16-23(24)22-10-9-21(32)14-25(22)33/h5-12,14,18,23-24,26H,3-4,13,15-17H2,1-2H3,(H,41,42)/t18?,23-,24+,26-/m0/s1. The van der Waals surface area contributed by atoms with Crippen molar-refractivity contribution in [3.8, 4) is 0 Å². The number of aryl methyl sites for hydroxylation is 1. The van der Waals surface area contributed by atoms with Crippen LogP contribution >= 0.6 is 11.6 Å². The SMILES string of the molecule is CC1CN(C(=O)[C@@H]2CN(c3ccc(=O)n(C)n3)C[C@H]2c2ccc(F)cc2F)CCC[C@@H](c2ccc(Cl)cc2)N1C(=O)O. The first kappa shape index (κ1) is 29.5. The number of nitrogens with zero attached hydrogens (tertiary/aromatic N) is 5. The molecule has 0 radical (unpaired) electrons. The molecule has 3 heterocycles. The summed E-state index contributed by atoms with van der Waals surface area (Å²) in [6.45, 7) is 2.76. The molecule has 222 valence electrons. The summed E-state index contributed by atoms with van der Waals surface area (Å²) in [5.41, 5.74) is 0.759. The number of carboxylic acid groups (broad SMARTS) is 1. The smallest absolute Gasteiger partial charge is 0.408 e. The third-order valence-electron chi connectivity index (χ3n) is 8.26. The van der Waals surface area contributed by atoms with Crippen LogP contribution in [0.25, 0.3) is 0 Å². The van der Waals surface area contributed by atoms with Crippen LogP contribution in [0.1, 0.15) is 42.9 Å². The minimum Gasteiger partial charge on any atom is -0.465 e. The van der Waals surface area contributed by atoms with Crippen molar-refractivity contribution in [3.63, 3.8) is 0 Å². The van der Waals surface area contributed by atoms with Crippen molar-refractivity contribution in [3.05, 3.63) is 92.7 Å². The summed E-state index contributed by atoms with van der Waals surface area (Å²) >= 11 is 6.05. The van der Waals surface area contributed by atoms with Gasteiger partial charge in [-0.1, -0.05) is 29.8 Å². The molecule has 12 heteroatoms. The molecule has 5 rings (SSSR count). The summed E-state index contributed by atoms with van der Waals surface area (Å²) in [6.07, 6.45) is -0.0448. The van der Waals surface area contributed by atoms with E-state index in [-0.39, 0.29) is 36.7 Å². The summed E-state index contributed by atoms with van der Waals surface area (Å²) in [5, 5.41) is 15.0. The molecule has 3 aromatic rings. The van der Waals surface area contributed by atoms with Gasteiger partial charge in [-0.15, -0.1) is 0 Å². The van der Waals surface area contributed by atoms with Crippen molar-refractivity contribution in [1.82, 2.24) is 19.6 Å². The van der Waals surface area contributed by atoms with E-state index in [9.17, 15) is 23.9 Å². The number of carbonyl (C=O) groups is 2. The van der Waals surface area contributed by atoms with Crippen molar-refractivity contribution in [2.75, 3.05) is 31.1 Å². The number of amides is 2. The number of halogens is 3. The molecule has 1 aromatic heterocycles. The fourth-order valence-electron chi connectivity index (χ4n) is 6.21. The molecule has 2 aliphatic heterocycles. The van der Waals surface area contributed by atoms with Crippen LogP contribution in [0.4, 0.5) is 19.4 Å². The summed E-state index contributed by atoms with van der Waals surface area (Å²) in [7, 11) is 1.52. The molecule has 42 heavy (non-hydrogen) atoms. The van der Waals surface area contributed by atoms with E-state index in [0.717, 1.165) is 11.6 Å². The topological polar surface area (TPSA) is 99.0 Å². The Hall–Kier alpha value is -3.99. The Morgan fingerprint density at radius 1 is 1.02 bits per heavy atom. The third-order valence-corrected chi connectivity index (χ3v) is 8.51. The average molecular weight is 600 g/mol. The molecule has 2 fully saturated rings. The molecule has 0 spiro atoms. The Kier molecular flexibility index (Phi) is 8.49. The lowest BCUT2D eigenvalue weighted by Gasteiger charge is -2.41. The molecule has 1 N–H and O–H groups in total. The van der Waals surface area contributed by atoms with Crippen LogP contribution < -0.4 is 10.5 Å². The minimum atomic E-state index is -1.09. The second-order valence-corrected chi connectivity index (χ2v) is 11.4. The van der Waals surface area contributed by atoms with Gasteiger partial charge in [-0.25, -0.2) is 18.3 Å². The van der Waals surface area contributed by atoms with E-state index in [2.05, 4.69) is 5.10 Å². The maximum absolute atomic E-state index is 15.1. The van der Waals surface area contributed by atoms with Crippen LogP contribution in [0, 0.1) is 17.6 Å². The van der Waals surface area contributed by atoms with Gasteiger partial charge in [-0.05, 0) is 55.2 Å². The van der Waals surface area contributed by atoms with Crippen LogP contribution in [-0.4, -0.2) is 68.9 Å². The molecule has 0 bridgehead atoms. The van der Waals surface area contributed by atoms with Crippen molar-refractivity contribution >= 4 is 29.4 Å². The maximum atomic E-state index is 15.1. The van der Waals surface area contributed by atoms with E-state index >= 15 is 4.39 Å². The number of benzene rings is 2. The van der Waals surface area contributed by atoms with Crippen LogP contribution in [0.5, 0.6) is 0 Å². The van der Waals surface area contributed by atoms with Gasteiger partial charge in [0.15, 0.2) is 0 Å². The molecule has 2 aliphatic rings. The first-order chi connectivity index (χ1) is 20.0. The van der Waals surface area contributed by atoms with Crippen molar-refractivity contribution in [2.45, 2.75) is 37.8 Å². The molecular weight excluding hydrogens is 568 g/mol. The fraction of sp³-hybridized carbons (Fsp3) is 0.400. The Labute approximate surface area is 246 Å². The second kappa shape index (κ2) is 12.1. The molecule has 2 saturated heterocycles. The number of aromatic nitrogens is 2. The van der Waals surface area contributed by atoms with Gasteiger partial charge in [0.25, 0.3) is 5.56 Å². The number of carbonyl (C=O) groups excluding carboxylic acids is 1. The first-order valence-electron chi connectivity index (χ1n) is 13.8. The van der Waals surface area contributed by atoms with E-state index in [1.807, 2.05) is 17.0 Å². The summed E-state index contributed by atoms with van der Waals surface area (Å²) in [5.74, 6) is -2.55. The van der Waals surface area contributed by atoms with Gasteiger partial charge in [-0.2, -0.15) is 5.10 Å². The van der Waals surface area contributed by atoms with Crippen LogP contribution in [0.2, 0.25) is 5.02 Å². The van der Waals surface area contributed by atoms with Gasteiger partial charge in [0, 0.05) is 56.3 Å². The quantitative estimate of drug-likeness (QED) is 0.468. The molecule has 2 aromatic carbocycles. The molecule has 2 amide bonds. The predicted molar refractivity (Wildman–Crippen MR) is 154 cm³/mol. The highest BCUT2D eigenvalue weighted by Crippen LogP contribution is 2.38. The molecule has 0 saturated carbocycles. The molecule has 1 unspecified atom stereocenters. The Bertz CT molecular complexity index is 1530. The van der Waals surface area contributed by atoms with Gasteiger partial charge in [0.05, 0.1) is 18.0 Å². The Morgan fingerprint density at radius 2 is 1.76 bits per heavy atom. The third kappa shape index (κ3) is 5.97. The van der Waals surface area contributed by atoms with E-state index in [1.165, 1.54) is 34.8 Å². The van der Waals surface area contributed by atoms with E-state index < -0.39 is 41.6 Å². The molecule has 9 nitrogen and oxygen atoms in total. The zero-order valence-electron chi connectivity index (χ0n) is 23.3. The summed E-state index contributed by atoms with van der Waals surface area (Å²) < 4.78 is 30.0. The second-order valence-electron chi connectivity index (χ2n) is 11.0. The fourth-order valence-corrected chi connectivity index (χ4v) is 6.33. The van der Waals surface area contributed by atoms with Gasteiger partial charge in [0.1, 0.15) is 17.5 Å². The van der Waals surface area contributed by atoms with Gasteiger partial charge >= 0.3 is 6.09 Å². The normalized spacial score (nSPS) is 23.0. The largest absolute Gasteiger partial charge is 0.465 e. The highest BCUT2D eigenvalue weighted by Gasteiger charge is 2.43. The highest BCUT2D eigenvalue weighted by molar-refractivity contribution is 6.30. The van der Waals surface area contributed by atoms with Crippen molar-refractivity contribution in [1.29, 1.82) is 0 Å². The Morgan fingerprint density at radius 3 is 2.43 bits per heavy atom. The molecule has 4 atom stereocenters. The zero-order valence-corrected chi connectivity index (χ0v) is 24.0. The number of hydrogen-bond donors (Lipinski definition) is 1. The zero-order chi connectivity index (χ0) is 30.1.